The van der Waals surface area contributed by atoms with Crippen LogP contribution < -0.4 is 5.73 Å². The van der Waals surface area contributed by atoms with Gasteiger partial charge in [0.25, 0.3) is 5.69 Å². The van der Waals surface area contributed by atoms with E-state index < -0.39 is 4.92 Å². The Morgan fingerprint density at radius 3 is 2.67 bits per heavy atom. The molecule has 1 atom stereocenters. The van der Waals surface area contributed by atoms with Gasteiger partial charge in [0.15, 0.2) is 0 Å². The SMILES string of the molecule is Cc1cc(-c2nnc(C(C)N)s2)cc([N+](=O)[O-])c1. The van der Waals surface area contributed by atoms with Crippen molar-refractivity contribution >= 4 is 17.0 Å². The third-order valence-electron chi connectivity index (χ3n) is 2.35. The number of nitro benzene ring substituents is 1. The second kappa shape index (κ2) is 4.79. The van der Waals surface area contributed by atoms with Crippen molar-refractivity contribution in [3.63, 3.8) is 0 Å². The fraction of sp³-hybridized carbons (Fsp3) is 0.273. The van der Waals surface area contributed by atoms with E-state index in [1.54, 1.807) is 0 Å². The lowest BCUT2D eigenvalue weighted by Gasteiger charge is -1.99. The topological polar surface area (TPSA) is 94.9 Å². The Bertz CT molecular complexity index is 594. The van der Waals surface area contributed by atoms with Crippen LogP contribution in [0.15, 0.2) is 18.2 Å². The van der Waals surface area contributed by atoms with Crippen molar-refractivity contribution in [2.75, 3.05) is 0 Å². The lowest BCUT2D eigenvalue weighted by atomic mass is 10.1. The van der Waals surface area contributed by atoms with Crippen molar-refractivity contribution in [1.29, 1.82) is 0 Å². The van der Waals surface area contributed by atoms with Gasteiger partial charge in [-0.25, -0.2) is 0 Å². The molecule has 1 unspecified atom stereocenters. The molecule has 0 amide bonds. The smallest absolute Gasteiger partial charge is 0.270 e. The van der Waals surface area contributed by atoms with Crippen LogP contribution in [0.4, 0.5) is 5.69 Å². The summed E-state index contributed by atoms with van der Waals surface area (Å²) in [6, 6.07) is 4.68. The Labute approximate surface area is 108 Å². The van der Waals surface area contributed by atoms with E-state index >= 15 is 0 Å². The molecule has 1 aromatic carbocycles. The van der Waals surface area contributed by atoms with E-state index in [1.807, 2.05) is 19.9 Å². The molecule has 1 aromatic heterocycles. The van der Waals surface area contributed by atoms with Gasteiger partial charge in [0.2, 0.25) is 0 Å². The fourth-order valence-corrected chi connectivity index (χ4v) is 2.31. The first-order valence-corrected chi connectivity index (χ1v) is 6.14. The van der Waals surface area contributed by atoms with Crippen LogP contribution in [0.5, 0.6) is 0 Å². The van der Waals surface area contributed by atoms with Crippen LogP contribution in [0.25, 0.3) is 10.6 Å². The van der Waals surface area contributed by atoms with Gasteiger partial charge in [0, 0.05) is 17.7 Å². The molecule has 0 radical (unpaired) electrons. The van der Waals surface area contributed by atoms with Crippen LogP contribution in [-0.2, 0) is 0 Å². The molecule has 7 heteroatoms. The second-order valence-electron chi connectivity index (χ2n) is 4.05. The van der Waals surface area contributed by atoms with Gasteiger partial charge >= 0.3 is 0 Å². The van der Waals surface area contributed by atoms with Crippen molar-refractivity contribution < 1.29 is 4.92 Å². The summed E-state index contributed by atoms with van der Waals surface area (Å²) in [5.41, 5.74) is 7.29. The third kappa shape index (κ3) is 2.52. The predicted molar refractivity (Wildman–Crippen MR) is 69.3 cm³/mol. The molecular weight excluding hydrogens is 252 g/mol. The van der Waals surface area contributed by atoms with Crippen molar-refractivity contribution in [3.8, 4) is 10.6 Å². The highest BCUT2D eigenvalue weighted by Gasteiger charge is 2.14. The van der Waals surface area contributed by atoms with E-state index in [-0.39, 0.29) is 11.7 Å². The van der Waals surface area contributed by atoms with Gasteiger partial charge in [-0.1, -0.05) is 11.3 Å². The molecule has 2 rings (SSSR count). The molecular formula is C11H12N4O2S. The number of nitro groups is 1. The van der Waals surface area contributed by atoms with Crippen LogP contribution in [0.1, 0.15) is 23.5 Å². The largest absolute Gasteiger partial charge is 0.322 e. The monoisotopic (exact) mass is 264 g/mol. The third-order valence-corrected chi connectivity index (χ3v) is 3.52. The normalized spacial score (nSPS) is 12.4. The zero-order chi connectivity index (χ0) is 13.3. The predicted octanol–water partition coefficient (Wildman–Crippen LogP) is 2.44. The molecule has 18 heavy (non-hydrogen) atoms. The van der Waals surface area contributed by atoms with Gasteiger partial charge in [-0.3, -0.25) is 10.1 Å². The first kappa shape index (κ1) is 12.6. The number of hydrogen-bond donors (Lipinski definition) is 1. The quantitative estimate of drug-likeness (QED) is 0.678. The summed E-state index contributed by atoms with van der Waals surface area (Å²) in [6.07, 6.45) is 0. The van der Waals surface area contributed by atoms with Crippen molar-refractivity contribution in [3.05, 3.63) is 38.9 Å². The number of nitrogens with zero attached hydrogens (tertiary/aromatic N) is 3. The summed E-state index contributed by atoms with van der Waals surface area (Å²) < 4.78 is 0. The van der Waals surface area contributed by atoms with E-state index in [1.165, 1.54) is 23.5 Å². The van der Waals surface area contributed by atoms with Crippen LogP contribution in [-0.4, -0.2) is 15.1 Å². The van der Waals surface area contributed by atoms with Gasteiger partial charge < -0.3 is 5.73 Å². The number of benzene rings is 1. The van der Waals surface area contributed by atoms with Crippen molar-refractivity contribution in [2.45, 2.75) is 19.9 Å². The van der Waals surface area contributed by atoms with Crippen LogP contribution in [0.2, 0.25) is 0 Å². The molecule has 0 spiro atoms. The summed E-state index contributed by atoms with van der Waals surface area (Å²) in [5, 5.41) is 20.2. The number of rotatable bonds is 3. The molecule has 0 fully saturated rings. The molecule has 2 N–H and O–H groups in total. The Balaban J connectivity index is 2.46. The summed E-state index contributed by atoms with van der Waals surface area (Å²) in [6.45, 7) is 3.63. The Morgan fingerprint density at radius 2 is 2.11 bits per heavy atom. The van der Waals surface area contributed by atoms with Crippen LogP contribution >= 0.6 is 11.3 Å². The van der Waals surface area contributed by atoms with Crippen LogP contribution in [0.3, 0.4) is 0 Å². The zero-order valence-electron chi connectivity index (χ0n) is 9.95. The summed E-state index contributed by atoms with van der Waals surface area (Å²) in [4.78, 5) is 10.4. The zero-order valence-corrected chi connectivity index (χ0v) is 10.8. The summed E-state index contributed by atoms with van der Waals surface area (Å²) >= 11 is 1.35. The Hall–Kier alpha value is -1.86. The molecule has 0 aliphatic heterocycles. The maximum atomic E-state index is 10.8. The molecule has 0 bridgehead atoms. The number of non-ortho nitro benzene ring substituents is 1. The maximum Gasteiger partial charge on any atom is 0.270 e. The highest BCUT2D eigenvalue weighted by molar-refractivity contribution is 7.14. The molecule has 0 aliphatic rings. The molecule has 0 saturated carbocycles. The number of aromatic nitrogens is 2. The minimum Gasteiger partial charge on any atom is -0.322 e. The Kier molecular flexibility index (Phi) is 3.35. The fourth-order valence-electron chi connectivity index (χ4n) is 1.53. The maximum absolute atomic E-state index is 10.8. The van der Waals surface area contributed by atoms with Crippen molar-refractivity contribution in [2.24, 2.45) is 5.73 Å². The number of hydrogen-bond acceptors (Lipinski definition) is 6. The van der Waals surface area contributed by atoms with Crippen molar-refractivity contribution in [1.82, 2.24) is 10.2 Å². The lowest BCUT2D eigenvalue weighted by molar-refractivity contribution is -0.384. The second-order valence-corrected chi connectivity index (χ2v) is 5.06. The van der Waals surface area contributed by atoms with Gasteiger partial charge in [0.1, 0.15) is 10.0 Å². The lowest BCUT2D eigenvalue weighted by Crippen LogP contribution is -2.03. The minimum absolute atomic E-state index is 0.0579. The first-order valence-electron chi connectivity index (χ1n) is 5.33. The summed E-state index contributed by atoms with van der Waals surface area (Å²) in [5.74, 6) is 0. The van der Waals surface area contributed by atoms with E-state index in [2.05, 4.69) is 10.2 Å². The highest BCUT2D eigenvalue weighted by atomic mass is 32.1. The number of nitrogens with two attached hydrogens (primary N) is 1. The van der Waals surface area contributed by atoms with Gasteiger partial charge in [-0.15, -0.1) is 10.2 Å². The average Bonchev–Trinajstić information content (AvgIpc) is 2.77. The summed E-state index contributed by atoms with van der Waals surface area (Å²) in [7, 11) is 0. The van der Waals surface area contributed by atoms with E-state index in [9.17, 15) is 10.1 Å². The average molecular weight is 264 g/mol. The van der Waals surface area contributed by atoms with Gasteiger partial charge in [0.05, 0.1) is 11.0 Å². The van der Waals surface area contributed by atoms with Crippen LogP contribution in [0, 0.1) is 17.0 Å². The molecule has 0 saturated heterocycles. The molecule has 1 heterocycles. The van der Waals surface area contributed by atoms with E-state index in [0.29, 0.717) is 15.6 Å². The Morgan fingerprint density at radius 1 is 1.39 bits per heavy atom. The number of aryl methyl sites for hydroxylation is 1. The minimum atomic E-state index is -0.413. The molecule has 2 aromatic rings. The van der Waals surface area contributed by atoms with E-state index in [4.69, 9.17) is 5.73 Å². The van der Waals surface area contributed by atoms with E-state index in [0.717, 1.165) is 5.56 Å². The van der Waals surface area contributed by atoms with Gasteiger partial charge in [-0.05, 0) is 25.5 Å². The first-order chi connectivity index (χ1) is 8.47. The molecule has 94 valence electrons. The molecule has 6 nitrogen and oxygen atoms in total. The standard InChI is InChI=1S/C11H12N4O2S/c1-6-3-8(5-9(4-6)15(16)17)11-14-13-10(18-11)7(2)12/h3-5,7H,12H2,1-2H3. The highest BCUT2D eigenvalue weighted by Crippen LogP contribution is 2.29. The molecule has 0 aliphatic carbocycles. The van der Waals surface area contributed by atoms with Gasteiger partial charge in [-0.2, -0.15) is 0 Å².